The number of hydrogen-bond acceptors (Lipinski definition) is 2. The predicted octanol–water partition coefficient (Wildman–Crippen LogP) is 2.30. The normalized spacial score (nSPS) is 25.6. The van der Waals surface area contributed by atoms with Crippen molar-refractivity contribution in [3.8, 4) is 0 Å². The van der Waals surface area contributed by atoms with Gasteiger partial charge in [-0.1, -0.05) is 32.1 Å². The van der Waals surface area contributed by atoms with Crippen LogP contribution in [0.1, 0.15) is 51.4 Å². The Morgan fingerprint density at radius 3 is 2.40 bits per heavy atom. The van der Waals surface area contributed by atoms with E-state index in [1.54, 1.807) is 0 Å². The van der Waals surface area contributed by atoms with Gasteiger partial charge in [-0.05, 0) is 44.8 Å². The van der Waals surface area contributed by atoms with E-state index < -0.39 is 0 Å². The average Bonchev–Trinajstić information content (AvgIpc) is 2.32. The first-order valence-electron chi connectivity index (χ1n) is 6.89. The highest BCUT2D eigenvalue weighted by Gasteiger charge is 2.15. The quantitative estimate of drug-likeness (QED) is 0.744. The molecular weight excluding hydrogens is 184 g/mol. The minimum absolute atomic E-state index is 0.801. The Bertz CT molecular complexity index is 140. The van der Waals surface area contributed by atoms with Gasteiger partial charge in [-0.15, -0.1) is 0 Å². The molecule has 0 bridgehead atoms. The van der Waals surface area contributed by atoms with E-state index in [-0.39, 0.29) is 0 Å². The second-order valence-corrected chi connectivity index (χ2v) is 5.27. The van der Waals surface area contributed by atoms with Gasteiger partial charge >= 0.3 is 0 Å². The molecule has 1 saturated heterocycles. The van der Waals surface area contributed by atoms with Crippen molar-refractivity contribution < 1.29 is 0 Å². The molecule has 0 aromatic carbocycles. The third-order valence-electron chi connectivity index (χ3n) is 4.05. The van der Waals surface area contributed by atoms with Crippen LogP contribution in [0.4, 0.5) is 0 Å². The van der Waals surface area contributed by atoms with Crippen LogP contribution in [0.5, 0.6) is 0 Å². The van der Waals surface area contributed by atoms with Crippen molar-refractivity contribution in [2.45, 2.75) is 57.4 Å². The molecule has 0 spiro atoms. The molecule has 0 amide bonds. The smallest absolute Gasteiger partial charge is 0.00912 e. The summed E-state index contributed by atoms with van der Waals surface area (Å²) in [7, 11) is 0. The lowest BCUT2D eigenvalue weighted by Gasteiger charge is -2.26. The zero-order valence-corrected chi connectivity index (χ0v) is 9.93. The van der Waals surface area contributed by atoms with Crippen molar-refractivity contribution >= 4 is 0 Å². The summed E-state index contributed by atoms with van der Waals surface area (Å²) in [6, 6.07) is 0.801. The molecule has 0 aromatic rings. The van der Waals surface area contributed by atoms with Gasteiger partial charge in [0.15, 0.2) is 0 Å². The van der Waals surface area contributed by atoms with Crippen molar-refractivity contribution in [3.63, 3.8) is 0 Å². The van der Waals surface area contributed by atoms with Crippen molar-refractivity contribution in [2.24, 2.45) is 5.92 Å². The molecule has 2 N–H and O–H groups in total. The number of rotatable bonds is 4. The first-order chi connectivity index (χ1) is 7.45. The summed E-state index contributed by atoms with van der Waals surface area (Å²) >= 11 is 0. The van der Waals surface area contributed by atoms with Gasteiger partial charge < -0.3 is 10.6 Å². The monoisotopic (exact) mass is 210 g/mol. The molecule has 0 aromatic heterocycles. The fraction of sp³-hybridized carbons (Fsp3) is 1.00. The van der Waals surface area contributed by atoms with Crippen molar-refractivity contribution in [2.75, 3.05) is 19.6 Å². The third kappa shape index (κ3) is 4.12. The van der Waals surface area contributed by atoms with Gasteiger partial charge in [0.1, 0.15) is 0 Å². The Morgan fingerprint density at radius 1 is 0.933 bits per heavy atom. The van der Waals surface area contributed by atoms with Crippen LogP contribution in [-0.4, -0.2) is 25.7 Å². The summed E-state index contributed by atoms with van der Waals surface area (Å²) in [4.78, 5) is 0. The van der Waals surface area contributed by atoms with Crippen LogP contribution in [0.25, 0.3) is 0 Å². The molecule has 2 aliphatic rings. The standard InChI is InChI=1S/C13H26N2/c1-2-4-12(5-3-1)6-11-15-13-7-9-14-10-8-13/h12-15H,1-11H2. The fourth-order valence-electron chi connectivity index (χ4n) is 2.99. The zero-order chi connectivity index (χ0) is 10.3. The van der Waals surface area contributed by atoms with Crippen LogP contribution in [-0.2, 0) is 0 Å². The van der Waals surface area contributed by atoms with E-state index in [0.717, 1.165) is 12.0 Å². The number of hydrogen-bond donors (Lipinski definition) is 2. The van der Waals surface area contributed by atoms with Crippen LogP contribution in [0.2, 0.25) is 0 Å². The van der Waals surface area contributed by atoms with Crippen molar-refractivity contribution in [1.82, 2.24) is 10.6 Å². The van der Waals surface area contributed by atoms with Crippen molar-refractivity contribution in [3.05, 3.63) is 0 Å². The number of nitrogens with one attached hydrogen (secondary N) is 2. The van der Waals surface area contributed by atoms with Gasteiger partial charge in [0.2, 0.25) is 0 Å². The molecule has 0 atom stereocenters. The Balaban J connectivity index is 1.53. The maximum atomic E-state index is 3.73. The van der Waals surface area contributed by atoms with Gasteiger partial charge in [-0.2, -0.15) is 0 Å². The maximum Gasteiger partial charge on any atom is 0.00912 e. The van der Waals surface area contributed by atoms with Crippen LogP contribution < -0.4 is 10.6 Å². The summed E-state index contributed by atoms with van der Waals surface area (Å²) in [6.07, 6.45) is 11.5. The Morgan fingerprint density at radius 2 is 1.67 bits per heavy atom. The Kier molecular flexibility index (Phi) is 4.94. The lowest BCUT2D eigenvalue weighted by atomic mass is 9.87. The van der Waals surface area contributed by atoms with Crippen LogP contribution in [0.3, 0.4) is 0 Å². The van der Waals surface area contributed by atoms with Gasteiger partial charge in [0.25, 0.3) is 0 Å². The summed E-state index contributed by atoms with van der Waals surface area (Å²) in [6.45, 7) is 3.68. The summed E-state index contributed by atoms with van der Waals surface area (Å²) in [5, 5.41) is 7.14. The highest BCUT2D eigenvalue weighted by atomic mass is 15.0. The van der Waals surface area contributed by atoms with Gasteiger partial charge in [0.05, 0.1) is 0 Å². The second kappa shape index (κ2) is 6.49. The number of piperidine rings is 1. The molecule has 0 radical (unpaired) electrons. The Labute approximate surface area is 94.2 Å². The van der Waals surface area contributed by atoms with E-state index in [9.17, 15) is 0 Å². The van der Waals surface area contributed by atoms with Crippen LogP contribution >= 0.6 is 0 Å². The molecule has 1 saturated carbocycles. The highest BCUT2D eigenvalue weighted by molar-refractivity contribution is 4.75. The lowest BCUT2D eigenvalue weighted by Crippen LogP contribution is -2.40. The van der Waals surface area contributed by atoms with E-state index >= 15 is 0 Å². The summed E-state index contributed by atoms with van der Waals surface area (Å²) in [5.41, 5.74) is 0. The van der Waals surface area contributed by atoms with E-state index in [1.807, 2.05) is 0 Å². The first-order valence-corrected chi connectivity index (χ1v) is 6.89. The van der Waals surface area contributed by atoms with Gasteiger partial charge in [-0.25, -0.2) is 0 Å². The zero-order valence-electron chi connectivity index (χ0n) is 9.93. The molecule has 1 heterocycles. The third-order valence-corrected chi connectivity index (χ3v) is 4.05. The van der Waals surface area contributed by atoms with Crippen LogP contribution in [0, 0.1) is 5.92 Å². The van der Waals surface area contributed by atoms with E-state index in [4.69, 9.17) is 0 Å². The molecule has 0 unspecified atom stereocenters. The molecule has 1 aliphatic heterocycles. The molecular formula is C13H26N2. The summed E-state index contributed by atoms with van der Waals surface area (Å²) < 4.78 is 0. The molecule has 2 heteroatoms. The molecule has 2 nitrogen and oxygen atoms in total. The first kappa shape index (κ1) is 11.4. The largest absolute Gasteiger partial charge is 0.317 e. The van der Waals surface area contributed by atoms with E-state index in [2.05, 4.69) is 10.6 Å². The highest BCUT2D eigenvalue weighted by Crippen LogP contribution is 2.25. The SMILES string of the molecule is C1CCC(CCNC2CCNCC2)CC1. The predicted molar refractivity (Wildman–Crippen MR) is 65.1 cm³/mol. The average molecular weight is 210 g/mol. The minimum atomic E-state index is 0.801. The summed E-state index contributed by atoms with van der Waals surface area (Å²) in [5.74, 6) is 1.04. The van der Waals surface area contributed by atoms with E-state index in [0.29, 0.717) is 0 Å². The van der Waals surface area contributed by atoms with E-state index in [1.165, 1.54) is 71.0 Å². The molecule has 15 heavy (non-hydrogen) atoms. The maximum absolute atomic E-state index is 3.73. The molecule has 2 rings (SSSR count). The fourth-order valence-corrected chi connectivity index (χ4v) is 2.99. The van der Waals surface area contributed by atoms with Gasteiger partial charge in [-0.3, -0.25) is 0 Å². The lowest BCUT2D eigenvalue weighted by molar-refractivity contribution is 0.315. The van der Waals surface area contributed by atoms with Crippen molar-refractivity contribution in [1.29, 1.82) is 0 Å². The molecule has 1 aliphatic carbocycles. The minimum Gasteiger partial charge on any atom is -0.317 e. The van der Waals surface area contributed by atoms with Gasteiger partial charge in [0, 0.05) is 6.04 Å². The second-order valence-electron chi connectivity index (χ2n) is 5.27. The topological polar surface area (TPSA) is 24.1 Å². The molecule has 88 valence electrons. The Hall–Kier alpha value is -0.0800. The molecule has 2 fully saturated rings. The van der Waals surface area contributed by atoms with Crippen LogP contribution in [0.15, 0.2) is 0 Å².